The molecular formula is C12H12N4S. The Hall–Kier alpha value is -2.14. The van der Waals surface area contributed by atoms with Gasteiger partial charge in [0.25, 0.3) is 0 Å². The normalized spacial score (nSPS) is 9.41. The molecule has 0 spiro atoms. The van der Waals surface area contributed by atoms with Crippen LogP contribution in [0.4, 0.5) is 11.5 Å². The van der Waals surface area contributed by atoms with E-state index in [0.717, 1.165) is 5.69 Å². The summed E-state index contributed by atoms with van der Waals surface area (Å²) < 4.78 is 0. The summed E-state index contributed by atoms with van der Waals surface area (Å²) in [6, 6.07) is 15.3. The average Bonchev–Trinajstić information content (AvgIpc) is 2.39. The van der Waals surface area contributed by atoms with Gasteiger partial charge in [0, 0.05) is 6.20 Å². The van der Waals surface area contributed by atoms with Gasteiger partial charge in [-0.25, -0.2) is 4.98 Å². The highest BCUT2D eigenvalue weighted by molar-refractivity contribution is 7.80. The second kappa shape index (κ2) is 5.81. The zero-order valence-corrected chi connectivity index (χ0v) is 9.87. The molecule has 3 N–H and O–H groups in total. The summed E-state index contributed by atoms with van der Waals surface area (Å²) in [5, 5.41) is 3.42. The number of benzene rings is 1. The van der Waals surface area contributed by atoms with Crippen molar-refractivity contribution >= 4 is 28.8 Å². The maximum absolute atomic E-state index is 5.11. The van der Waals surface area contributed by atoms with Crippen molar-refractivity contribution in [2.45, 2.75) is 0 Å². The van der Waals surface area contributed by atoms with E-state index in [0.29, 0.717) is 10.9 Å². The zero-order chi connectivity index (χ0) is 11.9. The van der Waals surface area contributed by atoms with Crippen molar-refractivity contribution in [3.63, 3.8) is 0 Å². The van der Waals surface area contributed by atoms with Crippen LogP contribution in [-0.4, -0.2) is 10.1 Å². The minimum Gasteiger partial charge on any atom is -0.316 e. The summed E-state index contributed by atoms with van der Waals surface area (Å²) in [6.07, 6.45) is 1.70. The fourth-order valence-corrected chi connectivity index (χ4v) is 1.39. The van der Waals surface area contributed by atoms with Crippen molar-refractivity contribution in [2.24, 2.45) is 0 Å². The molecule has 2 rings (SSSR count). The molecular weight excluding hydrogens is 232 g/mol. The van der Waals surface area contributed by atoms with Gasteiger partial charge in [0.1, 0.15) is 5.82 Å². The Morgan fingerprint density at radius 1 is 1.00 bits per heavy atom. The minimum atomic E-state index is 0.465. The van der Waals surface area contributed by atoms with E-state index in [1.54, 1.807) is 6.20 Å². The number of rotatable bonds is 3. The first kappa shape index (κ1) is 11.3. The molecule has 0 aliphatic rings. The Balaban J connectivity index is 1.83. The predicted molar refractivity (Wildman–Crippen MR) is 73.7 cm³/mol. The summed E-state index contributed by atoms with van der Waals surface area (Å²) in [6.45, 7) is 0. The van der Waals surface area contributed by atoms with Gasteiger partial charge >= 0.3 is 0 Å². The standard InChI is InChI=1S/C12H12N4S/c17-12(14-11-8-4-5-9-13-11)16-15-10-6-2-1-3-7-10/h1-9,15H,(H2,13,14,16,17). The second-order valence-corrected chi connectivity index (χ2v) is 3.69. The Labute approximate surface area is 105 Å². The Bertz CT molecular complexity index is 472. The molecule has 0 atom stereocenters. The van der Waals surface area contributed by atoms with Crippen molar-refractivity contribution in [3.8, 4) is 0 Å². The lowest BCUT2D eigenvalue weighted by Gasteiger charge is -2.11. The van der Waals surface area contributed by atoms with Crippen LogP contribution >= 0.6 is 12.2 Å². The van der Waals surface area contributed by atoms with Crippen LogP contribution in [0.1, 0.15) is 0 Å². The highest BCUT2D eigenvalue weighted by atomic mass is 32.1. The molecule has 0 fully saturated rings. The van der Waals surface area contributed by atoms with Gasteiger partial charge < -0.3 is 5.32 Å². The molecule has 0 aliphatic carbocycles. The number of nitrogens with zero attached hydrogens (tertiary/aromatic N) is 1. The molecule has 0 saturated heterocycles. The fraction of sp³-hybridized carbons (Fsp3) is 0. The first-order valence-electron chi connectivity index (χ1n) is 5.14. The van der Waals surface area contributed by atoms with Crippen LogP contribution in [0.2, 0.25) is 0 Å². The summed E-state index contributed by atoms with van der Waals surface area (Å²) in [5.41, 5.74) is 6.80. The van der Waals surface area contributed by atoms with Gasteiger partial charge in [-0.3, -0.25) is 10.9 Å². The Kier molecular flexibility index (Phi) is 3.88. The van der Waals surface area contributed by atoms with Crippen molar-refractivity contribution in [3.05, 3.63) is 54.7 Å². The second-order valence-electron chi connectivity index (χ2n) is 3.29. The van der Waals surface area contributed by atoms with Gasteiger partial charge in [-0.15, -0.1) is 0 Å². The van der Waals surface area contributed by atoms with E-state index in [1.165, 1.54) is 0 Å². The van der Waals surface area contributed by atoms with Crippen LogP contribution in [0.3, 0.4) is 0 Å². The molecule has 0 bridgehead atoms. The van der Waals surface area contributed by atoms with E-state index in [2.05, 4.69) is 21.2 Å². The number of hydrogen-bond acceptors (Lipinski definition) is 3. The predicted octanol–water partition coefficient (Wildman–Crippen LogP) is 2.40. The molecule has 0 saturated carbocycles. The molecule has 0 aliphatic heterocycles. The lowest BCUT2D eigenvalue weighted by Crippen LogP contribution is -2.33. The summed E-state index contributed by atoms with van der Waals surface area (Å²) in [7, 11) is 0. The van der Waals surface area contributed by atoms with Crippen LogP contribution in [-0.2, 0) is 0 Å². The monoisotopic (exact) mass is 244 g/mol. The molecule has 86 valence electrons. The highest BCUT2D eigenvalue weighted by Gasteiger charge is 1.96. The molecule has 4 nitrogen and oxygen atoms in total. The average molecular weight is 244 g/mol. The van der Waals surface area contributed by atoms with Crippen LogP contribution < -0.4 is 16.2 Å². The number of anilines is 2. The largest absolute Gasteiger partial charge is 0.316 e. The molecule has 17 heavy (non-hydrogen) atoms. The zero-order valence-electron chi connectivity index (χ0n) is 9.05. The van der Waals surface area contributed by atoms with Gasteiger partial charge in [0.05, 0.1) is 5.69 Å². The van der Waals surface area contributed by atoms with Crippen molar-refractivity contribution in [2.75, 3.05) is 10.7 Å². The van der Waals surface area contributed by atoms with Crippen molar-refractivity contribution in [1.29, 1.82) is 0 Å². The van der Waals surface area contributed by atoms with Crippen molar-refractivity contribution < 1.29 is 0 Å². The summed E-state index contributed by atoms with van der Waals surface area (Å²) in [5.74, 6) is 0.708. The SMILES string of the molecule is S=C(NNc1ccccc1)Nc1ccccn1. The molecule has 1 aromatic heterocycles. The maximum Gasteiger partial charge on any atom is 0.190 e. The van der Waals surface area contributed by atoms with E-state index in [-0.39, 0.29) is 0 Å². The molecule has 0 amide bonds. The van der Waals surface area contributed by atoms with Crippen LogP contribution in [0.5, 0.6) is 0 Å². The first-order valence-corrected chi connectivity index (χ1v) is 5.54. The number of aromatic nitrogens is 1. The molecule has 5 heteroatoms. The lowest BCUT2D eigenvalue weighted by atomic mass is 10.3. The summed E-state index contributed by atoms with van der Waals surface area (Å²) >= 11 is 5.11. The van der Waals surface area contributed by atoms with Crippen LogP contribution in [0.15, 0.2) is 54.7 Å². The van der Waals surface area contributed by atoms with Gasteiger partial charge in [-0.05, 0) is 36.5 Å². The Morgan fingerprint density at radius 2 is 1.76 bits per heavy atom. The fourth-order valence-electron chi connectivity index (χ4n) is 1.23. The van der Waals surface area contributed by atoms with Gasteiger partial charge in [0.2, 0.25) is 0 Å². The van der Waals surface area contributed by atoms with E-state index < -0.39 is 0 Å². The summed E-state index contributed by atoms with van der Waals surface area (Å²) in [4.78, 5) is 4.11. The lowest BCUT2D eigenvalue weighted by molar-refractivity contribution is 1.13. The quantitative estimate of drug-likeness (QED) is 0.572. The van der Waals surface area contributed by atoms with Crippen molar-refractivity contribution in [1.82, 2.24) is 10.4 Å². The highest BCUT2D eigenvalue weighted by Crippen LogP contribution is 2.03. The van der Waals surface area contributed by atoms with E-state index >= 15 is 0 Å². The number of nitrogens with one attached hydrogen (secondary N) is 3. The molecule has 1 aromatic carbocycles. The van der Waals surface area contributed by atoms with Gasteiger partial charge in [-0.2, -0.15) is 0 Å². The third-order valence-corrected chi connectivity index (χ3v) is 2.20. The van der Waals surface area contributed by atoms with E-state index in [1.807, 2.05) is 48.5 Å². The minimum absolute atomic E-state index is 0.465. The van der Waals surface area contributed by atoms with E-state index in [4.69, 9.17) is 12.2 Å². The first-order chi connectivity index (χ1) is 8.34. The number of hydrogen-bond donors (Lipinski definition) is 3. The van der Waals surface area contributed by atoms with Crippen LogP contribution in [0.25, 0.3) is 0 Å². The number of para-hydroxylation sites is 1. The number of hydrazine groups is 1. The maximum atomic E-state index is 5.11. The molecule has 0 unspecified atom stereocenters. The van der Waals surface area contributed by atoms with Gasteiger partial charge in [0.15, 0.2) is 5.11 Å². The smallest absolute Gasteiger partial charge is 0.190 e. The number of thiocarbonyl (C=S) groups is 1. The topological polar surface area (TPSA) is 49.0 Å². The Morgan fingerprint density at radius 3 is 2.47 bits per heavy atom. The van der Waals surface area contributed by atoms with E-state index in [9.17, 15) is 0 Å². The van der Waals surface area contributed by atoms with Crippen LogP contribution in [0, 0.1) is 0 Å². The molecule has 2 aromatic rings. The molecule has 1 heterocycles. The third-order valence-electron chi connectivity index (χ3n) is 2.00. The third kappa shape index (κ3) is 3.73. The molecule has 0 radical (unpaired) electrons. The number of pyridine rings is 1. The van der Waals surface area contributed by atoms with Gasteiger partial charge in [-0.1, -0.05) is 24.3 Å².